The molecule has 1 aromatic heterocycles. The van der Waals surface area contributed by atoms with Gasteiger partial charge in [0.2, 0.25) is 0 Å². The lowest BCUT2D eigenvalue weighted by molar-refractivity contribution is -0.149. The first-order valence-corrected chi connectivity index (χ1v) is 7.66. The Morgan fingerprint density at radius 3 is 2.68 bits per heavy atom. The average molecular weight is 299 g/mol. The first-order valence-electron chi connectivity index (χ1n) is 7.66. The molecule has 0 unspecified atom stereocenters. The molecule has 0 radical (unpaired) electrons. The molecule has 1 amide bonds. The molecular weight excluding hydrogens is 278 g/mol. The minimum absolute atomic E-state index is 0.206. The first-order chi connectivity index (χ1) is 10.6. The first kappa shape index (κ1) is 14.8. The van der Waals surface area contributed by atoms with Gasteiger partial charge in [0.1, 0.15) is 11.4 Å². The maximum atomic E-state index is 12.4. The molecule has 2 aromatic rings. The van der Waals surface area contributed by atoms with Crippen LogP contribution in [0.5, 0.6) is 0 Å². The second kappa shape index (κ2) is 5.93. The number of amides is 1. The van der Waals surface area contributed by atoms with Crippen LogP contribution in [0.15, 0.2) is 36.5 Å². The van der Waals surface area contributed by atoms with Crippen LogP contribution in [0, 0.1) is 0 Å². The van der Waals surface area contributed by atoms with E-state index in [1.165, 1.54) is 0 Å². The molecule has 0 aliphatic heterocycles. The minimum Gasteiger partial charge on any atom is -0.380 e. The SMILES string of the molecule is CN(Cc1ncc(-c2ccccc2)[nH]1)C(=O)C1(O)CCCC1. The van der Waals surface area contributed by atoms with E-state index in [0.29, 0.717) is 19.4 Å². The van der Waals surface area contributed by atoms with Gasteiger partial charge in [-0.3, -0.25) is 4.79 Å². The fraction of sp³-hybridized carbons (Fsp3) is 0.412. The van der Waals surface area contributed by atoms with E-state index in [1.807, 2.05) is 30.3 Å². The molecule has 116 valence electrons. The molecule has 1 aliphatic rings. The zero-order valence-corrected chi connectivity index (χ0v) is 12.7. The summed E-state index contributed by atoms with van der Waals surface area (Å²) < 4.78 is 0. The highest BCUT2D eigenvalue weighted by atomic mass is 16.3. The Kier molecular flexibility index (Phi) is 3.98. The van der Waals surface area contributed by atoms with Crippen molar-refractivity contribution in [1.82, 2.24) is 14.9 Å². The summed E-state index contributed by atoms with van der Waals surface area (Å²) in [4.78, 5) is 21.5. The summed E-state index contributed by atoms with van der Waals surface area (Å²) in [5, 5.41) is 10.4. The van der Waals surface area contributed by atoms with Gasteiger partial charge in [-0.1, -0.05) is 30.3 Å². The normalized spacial score (nSPS) is 16.6. The van der Waals surface area contributed by atoms with E-state index in [0.717, 1.165) is 29.9 Å². The van der Waals surface area contributed by atoms with Crippen molar-refractivity contribution in [2.75, 3.05) is 7.05 Å². The fourth-order valence-electron chi connectivity index (χ4n) is 3.03. The summed E-state index contributed by atoms with van der Waals surface area (Å²) in [6.45, 7) is 0.369. The predicted octanol–water partition coefficient (Wildman–Crippen LogP) is 2.34. The van der Waals surface area contributed by atoms with Crippen molar-refractivity contribution >= 4 is 5.91 Å². The number of aliphatic hydroxyl groups is 1. The van der Waals surface area contributed by atoms with Crippen LogP contribution in [0.4, 0.5) is 0 Å². The summed E-state index contributed by atoms with van der Waals surface area (Å²) in [6.07, 6.45) is 4.71. The van der Waals surface area contributed by atoms with Crippen LogP contribution >= 0.6 is 0 Å². The van der Waals surface area contributed by atoms with Gasteiger partial charge in [-0.05, 0) is 31.2 Å². The molecule has 0 atom stereocenters. The topological polar surface area (TPSA) is 69.2 Å². The van der Waals surface area contributed by atoms with Gasteiger partial charge < -0.3 is 15.0 Å². The molecule has 1 heterocycles. The maximum absolute atomic E-state index is 12.4. The van der Waals surface area contributed by atoms with Crippen LogP contribution in [0.3, 0.4) is 0 Å². The van der Waals surface area contributed by atoms with Crippen LogP contribution in [-0.4, -0.2) is 38.5 Å². The number of H-pyrrole nitrogens is 1. The molecule has 2 N–H and O–H groups in total. The van der Waals surface area contributed by atoms with Gasteiger partial charge in [0, 0.05) is 7.05 Å². The average Bonchev–Trinajstić information content (AvgIpc) is 3.17. The van der Waals surface area contributed by atoms with Gasteiger partial charge in [0.05, 0.1) is 18.4 Å². The van der Waals surface area contributed by atoms with Crippen LogP contribution in [0.2, 0.25) is 0 Å². The molecule has 1 aromatic carbocycles. The largest absolute Gasteiger partial charge is 0.380 e. The number of imidazole rings is 1. The van der Waals surface area contributed by atoms with Gasteiger partial charge >= 0.3 is 0 Å². The van der Waals surface area contributed by atoms with Crippen molar-refractivity contribution in [3.63, 3.8) is 0 Å². The Morgan fingerprint density at radius 2 is 2.00 bits per heavy atom. The molecule has 5 heteroatoms. The number of carbonyl (C=O) groups excluding carboxylic acids is 1. The lowest BCUT2D eigenvalue weighted by Crippen LogP contribution is -2.45. The third-order valence-corrected chi connectivity index (χ3v) is 4.28. The van der Waals surface area contributed by atoms with E-state index in [9.17, 15) is 9.90 Å². The van der Waals surface area contributed by atoms with Crippen LogP contribution in [-0.2, 0) is 11.3 Å². The van der Waals surface area contributed by atoms with Crippen LogP contribution < -0.4 is 0 Å². The molecule has 1 aliphatic carbocycles. The van der Waals surface area contributed by atoms with Crippen molar-refractivity contribution in [2.45, 2.75) is 37.8 Å². The van der Waals surface area contributed by atoms with Gasteiger partial charge in [-0.2, -0.15) is 0 Å². The number of hydrogen-bond acceptors (Lipinski definition) is 3. The van der Waals surface area contributed by atoms with Crippen LogP contribution in [0.1, 0.15) is 31.5 Å². The number of nitrogens with one attached hydrogen (secondary N) is 1. The van der Waals surface area contributed by atoms with Crippen molar-refractivity contribution in [2.24, 2.45) is 0 Å². The van der Waals surface area contributed by atoms with Crippen molar-refractivity contribution in [3.05, 3.63) is 42.4 Å². The Morgan fingerprint density at radius 1 is 1.32 bits per heavy atom. The summed E-state index contributed by atoms with van der Waals surface area (Å²) in [5.74, 6) is 0.513. The molecule has 22 heavy (non-hydrogen) atoms. The molecule has 0 bridgehead atoms. The van der Waals surface area contributed by atoms with E-state index in [-0.39, 0.29) is 5.91 Å². The monoisotopic (exact) mass is 299 g/mol. The lowest BCUT2D eigenvalue weighted by Gasteiger charge is -2.27. The lowest BCUT2D eigenvalue weighted by atomic mass is 10.0. The fourth-order valence-corrected chi connectivity index (χ4v) is 3.03. The maximum Gasteiger partial charge on any atom is 0.254 e. The highest BCUT2D eigenvalue weighted by molar-refractivity contribution is 5.85. The molecule has 5 nitrogen and oxygen atoms in total. The number of benzene rings is 1. The second-order valence-corrected chi connectivity index (χ2v) is 6.01. The summed E-state index contributed by atoms with van der Waals surface area (Å²) >= 11 is 0. The predicted molar refractivity (Wildman–Crippen MR) is 83.9 cm³/mol. The molecule has 0 saturated heterocycles. The van der Waals surface area contributed by atoms with E-state index < -0.39 is 5.60 Å². The van der Waals surface area contributed by atoms with E-state index in [4.69, 9.17) is 0 Å². The van der Waals surface area contributed by atoms with Gasteiger partial charge in [0.15, 0.2) is 0 Å². The number of carbonyl (C=O) groups is 1. The molecule has 3 rings (SSSR count). The van der Waals surface area contributed by atoms with Gasteiger partial charge in [-0.25, -0.2) is 4.98 Å². The highest BCUT2D eigenvalue weighted by Crippen LogP contribution is 2.31. The van der Waals surface area contributed by atoms with Crippen molar-refractivity contribution < 1.29 is 9.90 Å². The highest BCUT2D eigenvalue weighted by Gasteiger charge is 2.40. The second-order valence-electron chi connectivity index (χ2n) is 6.01. The van der Waals surface area contributed by atoms with Gasteiger partial charge in [-0.15, -0.1) is 0 Å². The number of aromatic amines is 1. The van der Waals surface area contributed by atoms with E-state index >= 15 is 0 Å². The number of rotatable bonds is 4. The van der Waals surface area contributed by atoms with E-state index in [1.54, 1.807) is 18.1 Å². The van der Waals surface area contributed by atoms with E-state index in [2.05, 4.69) is 9.97 Å². The number of hydrogen-bond donors (Lipinski definition) is 2. The Bertz CT molecular complexity index is 645. The Balaban J connectivity index is 1.68. The number of aromatic nitrogens is 2. The summed E-state index contributed by atoms with van der Waals surface area (Å²) in [5.41, 5.74) is 0.810. The molecule has 1 saturated carbocycles. The third-order valence-electron chi connectivity index (χ3n) is 4.28. The molecular formula is C17H21N3O2. The number of likely N-dealkylation sites (N-methyl/N-ethyl adjacent to an activating group) is 1. The van der Waals surface area contributed by atoms with Gasteiger partial charge in [0.25, 0.3) is 5.91 Å². The summed E-state index contributed by atoms with van der Waals surface area (Å²) in [6, 6.07) is 9.93. The number of nitrogens with zero attached hydrogens (tertiary/aromatic N) is 2. The Labute approximate surface area is 130 Å². The quantitative estimate of drug-likeness (QED) is 0.910. The van der Waals surface area contributed by atoms with Crippen molar-refractivity contribution in [1.29, 1.82) is 0 Å². The third kappa shape index (κ3) is 2.90. The Hall–Kier alpha value is -2.14. The zero-order valence-electron chi connectivity index (χ0n) is 12.7. The molecule has 0 spiro atoms. The summed E-state index contributed by atoms with van der Waals surface area (Å²) in [7, 11) is 1.71. The standard InChI is InChI=1S/C17H21N3O2/c1-20(16(21)17(22)9-5-6-10-17)12-15-18-11-14(19-15)13-7-3-2-4-8-13/h2-4,7-8,11,22H,5-6,9-10,12H2,1H3,(H,18,19). The van der Waals surface area contributed by atoms with Crippen molar-refractivity contribution in [3.8, 4) is 11.3 Å². The molecule has 1 fully saturated rings. The van der Waals surface area contributed by atoms with Crippen LogP contribution in [0.25, 0.3) is 11.3 Å². The zero-order chi connectivity index (χ0) is 15.6. The smallest absolute Gasteiger partial charge is 0.254 e. The minimum atomic E-state index is -1.18.